The Morgan fingerprint density at radius 1 is 1.36 bits per heavy atom. The van der Waals surface area contributed by atoms with Crippen molar-refractivity contribution < 1.29 is 19.1 Å². The van der Waals surface area contributed by atoms with Gasteiger partial charge in [0, 0.05) is 6.20 Å². The second-order valence-electron chi connectivity index (χ2n) is 2.35. The Morgan fingerprint density at radius 3 is 2.64 bits per heavy atom. The SMILES string of the molecule is COC(=O)Nc1cccn1C(=O)OC. The van der Waals surface area contributed by atoms with Crippen LogP contribution in [0.3, 0.4) is 0 Å². The lowest BCUT2D eigenvalue weighted by molar-refractivity contribution is 0.173. The summed E-state index contributed by atoms with van der Waals surface area (Å²) in [4.78, 5) is 22.0. The van der Waals surface area contributed by atoms with Crippen LogP contribution >= 0.6 is 0 Å². The zero-order valence-corrected chi connectivity index (χ0v) is 7.81. The Hall–Kier alpha value is -1.98. The molecule has 0 saturated carbocycles. The molecule has 0 aliphatic carbocycles. The van der Waals surface area contributed by atoms with Crippen molar-refractivity contribution in [3.05, 3.63) is 18.3 Å². The van der Waals surface area contributed by atoms with E-state index in [2.05, 4.69) is 14.8 Å². The summed E-state index contributed by atoms with van der Waals surface area (Å²) in [5.74, 6) is 0.295. The van der Waals surface area contributed by atoms with E-state index in [1.807, 2.05) is 0 Å². The highest BCUT2D eigenvalue weighted by Gasteiger charge is 2.10. The van der Waals surface area contributed by atoms with Gasteiger partial charge in [-0.2, -0.15) is 0 Å². The molecule has 1 heterocycles. The molecule has 1 N–H and O–H groups in total. The lowest BCUT2D eigenvalue weighted by Gasteiger charge is -2.06. The van der Waals surface area contributed by atoms with Gasteiger partial charge in [0.05, 0.1) is 14.2 Å². The molecule has 1 rings (SSSR count). The third kappa shape index (κ3) is 2.03. The van der Waals surface area contributed by atoms with E-state index in [0.717, 1.165) is 4.57 Å². The van der Waals surface area contributed by atoms with Crippen LogP contribution < -0.4 is 5.32 Å². The zero-order valence-electron chi connectivity index (χ0n) is 7.81. The molecule has 0 spiro atoms. The number of hydrogen-bond acceptors (Lipinski definition) is 4. The molecule has 0 unspecified atom stereocenters. The molecule has 0 aliphatic heterocycles. The maximum Gasteiger partial charge on any atom is 0.419 e. The number of nitrogens with one attached hydrogen (secondary N) is 1. The molecule has 76 valence electrons. The third-order valence-corrected chi connectivity index (χ3v) is 1.54. The second kappa shape index (κ2) is 4.31. The third-order valence-electron chi connectivity index (χ3n) is 1.54. The smallest absolute Gasteiger partial charge is 0.419 e. The number of aromatic nitrogens is 1. The minimum atomic E-state index is -0.645. The van der Waals surface area contributed by atoms with Crippen molar-refractivity contribution in [1.82, 2.24) is 4.57 Å². The number of anilines is 1. The summed E-state index contributed by atoms with van der Waals surface area (Å²) in [6, 6.07) is 3.15. The van der Waals surface area contributed by atoms with Gasteiger partial charge in [-0.05, 0) is 12.1 Å². The van der Waals surface area contributed by atoms with Crippen molar-refractivity contribution in [2.45, 2.75) is 0 Å². The van der Waals surface area contributed by atoms with Gasteiger partial charge in [-0.15, -0.1) is 0 Å². The van der Waals surface area contributed by atoms with Gasteiger partial charge in [0.1, 0.15) is 5.82 Å². The highest BCUT2D eigenvalue weighted by molar-refractivity contribution is 5.86. The molecule has 1 aromatic rings. The lowest BCUT2D eigenvalue weighted by Crippen LogP contribution is -2.18. The Bertz CT molecular complexity index is 345. The van der Waals surface area contributed by atoms with E-state index < -0.39 is 12.2 Å². The van der Waals surface area contributed by atoms with E-state index in [9.17, 15) is 9.59 Å². The van der Waals surface area contributed by atoms with Crippen molar-refractivity contribution in [3.63, 3.8) is 0 Å². The molecule has 6 heteroatoms. The Labute approximate surface area is 80.4 Å². The molecular weight excluding hydrogens is 188 g/mol. The van der Waals surface area contributed by atoms with Crippen LogP contribution in [0.25, 0.3) is 0 Å². The van der Waals surface area contributed by atoms with Crippen LogP contribution in [0.5, 0.6) is 0 Å². The normalized spacial score (nSPS) is 9.29. The van der Waals surface area contributed by atoms with E-state index in [1.165, 1.54) is 20.4 Å². The standard InChI is InChI=1S/C8H10N2O4/c1-13-7(11)9-6-4-3-5-10(6)8(12)14-2/h3-5H,1-2H3,(H,9,11). The summed E-state index contributed by atoms with van der Waals surface area (Å²) in [5, 5.41) is 2.36. The molecule has 0 saturated heterocycles. The Kier molecular flexibility index (Phi) is 3.11. The van der Waals surface area contributed by atoms with Crippen LogP contribution in [0.15, 0.2) is 18.3 Å². The quantitative estimate of drug-likeness (QED) is 0.737. The summed E-state index contributed by atoms with van der Waals surface area (Å²) in [5.41, 5.74) is 0. The van der Waals surface area contributed by atoms with Gasteiger partial charge in [-0.1, -0.05) is 0 Å². The van der Waals surface area contributed by atoms with E-state index in [0.29, 0.717) is 5.82 Å². The minimum Gasteiger partial charge on any atom is -0.453 e. The first kappa shape index (κ1) is 10.1. The van der Waals surface area contributed by atoms with Gasteiger partial charge in [0.25, 0.3) is 0 Å². The van der Waals surface area contributed by atoms with E-state index >= 15 is 0 Å². The van der Waals surface area contributed by atoms with E-state index in [4.69, 9.17) is 0 Å². The molecule has 6 nitrogen and oxygen atoms in total. The molecule has 0 aliphatic rings. The van der Waals surface area contributed by atoms with Crippen LogP contribution in [-0.2, 0) is 9.47 Å². The average Bonchev–Trinajstić information content (AvgIpc) is 2.64. The number of carbonyl (C=O) groups excluding carboxylic acids is 2. The largest absolute Gasteiger partial charge is 0.453 e. The fourth-order valence-electron chi connectivity index (χ4n) is 0.896. The molecular formula is C8H10N2O4. The average molecular weight is 198 g/mol. The predicted octanol–water partition coefficient (Wildman–Crippen LogP) is 1.28. The number of methoxy groups -OCH3 is 2. The molecule has 0 fully saturated rings. The van der Waals surface area contributed by atoms with Crippen LogP contribution in [-0.4, -0.2) is 31.0 Å². The van der Waals surface area contributed by atoms with Gasteiger partial charge < -0.3 is 9.47 Å². The van der Waals surface area contributed by atoms with Gasteiger partial charge in [-0.25, -0.2) is 14.2 Å². The molecule has 0 radical (unpaired) electrons. The lowest BCUT2D eigenvalue weighted by atomic mass is 10.6. The highest BCUT2D eigenvalue weighted by atomic mass is 16.5. The number of hydrogen-bond donors (Lipinski definition) is 1. The van der Waals surface area contributed by atoms with Crippen molar-refractivity contribution in [2.24, 2.45) is 0 Å². The molecule has 0 atom stereocenters. The first-order chi connectivity index (χ1) is 6.69. The monoisotopic (exact) mass is 198 g/mol. The second-order valence-corrected chi connectivity index (χ2v) is 2.35. The Morgan fingerprint density at radius 2 is 2.07 bits per heavy atom. The first-order valence-corrected chi connectivity index (χ1v) is 3.79. The summed E-state index contributed by atoms with van der Waals surface area (Å²) in [6.07, 6.45) is 0.243. The number of rotatable bonds is 1. The van der Waals surface area contributed by atoms with Gasteiger partial charge in [-0.3, -0.25) is 5.32 Å². The van der Waals surface area contributed by atoms with Crippen molar-refractivity contribution in [1.29, 1.82) is 0 Å². The molecule has 1 amide bonds. The maximum absolute atomic E-state index is 11.1. The zero-order chi connectivity index (χ0) is 10.6. The Balaban J connectivity index is 2.82. The first-order valence-electron chi connectivity index (χ1n) is 3.79. The topological polar surface area (TPSA) is 69.6 Å². The van der Waals surface area contributed by atoms with Gasteiger partial charge >= 0.3 is 12.2 Å². The summed E-state index contributed by atoms with van der Waals surface area (Å²) >= 11 is 0. The molecule has 14 heavy (non-hydrogen) atoms. The van der Waals surface area contributed by atoms with Crippen LogP contribution in [0.1, 0.15) is 0 Å². The summed E-state index contributed by atoms with van der Waals surface area (Å²) in [7, 11) is 2.49. The predicted molar refractivity (Wildman–Crippen MR) is 48.3 cm³/mol. The van der Waals surface area contributed by atoms with Crippen molar-refractivity contribution in [2.75, 3.05) is 19.5 Å². The van der Waals surface area contributed by atoms with Crippen molar-refractivity contribution >= 4 is 18.0 Å². The van der Waals surface area contributed by atoms with Gasteiger partial charge in [0.15, 0.2) is 0 Å². The van der Waals surface area contributed by atoms with Crippen molar-refractivity contribution in [3.8, 4) is 0 Å². The maximum atomic E-state index is 11.1. The molecule has 0 aromatic carbocycles. The fraction of sp³-hybridized carbons (Fsp3) is 0.250. The summed E-state index contributed by atoms with van der Waals surface area (Å²) in [6.45, 7) is 0. The van der Waals surface area contributed by atoms with E-state index in [-0.39, 0.29) is 0 Å². The fourth-order valence-corrected chi connectivity index (χ4v) is 0.896. The number of carbonyl (C=O) groups is 2. The van der Waals surface area contributed by atoms with Crippen LogP contribution in [0.2, 0.25) is 0 Å². The van der Waals surface area contributed by atoms with Crippen LogP contribution in [0.4, 0.5) is 15.4 Å². The van der Waals surface area contributed by atoms with Crippen LogP contribution in [0, 0.1) is 0 Å². The molecule has 0 bridgehead atoms. The summed E-state index contributed by atoms with van der Waals surface area (Å²) < 4.78 is 10.0. The number of amides is 1. The minimum absolute atomic E-state index is 0.295. The number of ether oxygens (including phenoxy) is 2. The molecule has 1 aromatic heterocycles. The number of nitrogens with zero attached hydrogens (tertiary/aromatic N) is 1. The highest BCUT2D eigenvalue weighted by Crippen LogP contribution is 2.09. The van der Waals surface area contributed by atoms with E-state index in [1.54, 1.807) is 12.1 Å². The van der Waals surface area contributed by atoms with Gasteiger partial charge in [0.2, 0.25) is 0 Å².